The first-order valence-corrected chi connectivity index (χ1v) is 6.84. The smallest absolute Gasteiger partial charge is 0.128 e. The minimum atomic E-state index is -0.0141. The second kappa shape index (κ2) is 6.91. The number of nitrogen functional groups attached to an aromatic ring is 1. The molecule has 1 atom stereocenters. The normalized spacial score (nSPS) is 12.1. The van der Waals surface area contributed by atoms with Gasteiger partial charge in [-0.15, -0.1) is 0 Å². The Morgan fingerprint density at radius 3 is 2.65 bits per heavy atom. The first-order chi connectivity index (χ1) is 9.77. The van der Waals surface area contributed by atoms with Crippen molar-refractivity contribution in [3.8, 4) is 5.75 Å². The van der Waals surface area contributed by atoms with E-state index in [2.05, 4.69) is 23.3 Å². The molecule has 1 aromatic carbocycles. The summed E-state index contributed by atoms with van der Waals surface area (Å²) in [5.74, 6) is 1.40. The van der Waals surface area contributed by atoms with Crippen LogP contribution < -0.4 is 15.8 Å². The molecule has 0 saturated heterocycles. The number of rotatable bonds is 6. The molecule has 0 aliphatic rings. The van der Waals surface area contributed by atoms with Gasteiger partial charge >= 0.3 is 0 Å². The van der Waals surface area contributed by atoms with Crippen molar-refractivity contribution < 1.29 is 4.74 Å². The molecular formula is C16H21N3O. The Balaban J connectivity index is 2.44. The highest BCUT2D eigenvalue weighted by Gasteiger charge is 2.19. The van der Waals surface area contributed by atoms with Gasteiger partial charge in [-0.1, -0.05) is 31.2 Å². The third-order valence-electron chi connectivity index (χ3n) is 3.23. The topological polar surface area (TPSA) is 60.2 Å². The molecule has 0 fully saturated rings. The molecule has 2 rings (SSSR count). The molecule has 0 aliphatic carbocycles. The van der Waals surface area contributed by atoms with Crippen LogP contribution in [0.15, 0.2) is 42.6 Å². The number of para-hydroxylation sites is 1. The Hall–Kier alpha value is -2.07. The van der Waals surface area contributed by atoms with Crippen LogP contribution in [-0.4, -0.2) is 18.6 Å². The lowest BCUT2D eigenvalue weighted by Gasteiger charge is -2.22. The molecule has 1 heterocycles. The predicted molar refractivity (Wildman–Crippen MR) is 81.8 cm³/mol. The van der Waals surface area contributed by atoms with Gasteiger partial charge in [0.15, 0.2) is 0 Å². The maximum Gasteiger partial charge on any atom is 0.128 e. The number of benzene rings is 1. The SMILES string of the molecule is CCCNC(c1ccccc1OC)c1cccnc1N. The molecular weight excluding hydrogens is 250 g/mol. The number of ether oxygens (including phenoxy) is 1. The van der Waals surface area contributed by atoms with Crippen molar-refractivity contribution in [2.75, 3.05) is 19.4 Å². The van der Waals surface area contributed by atoms with Crippen LogP contribution in [0.5, 0.6) is 5.75 Å². The summed E-state index contributed by atoms with van der Waals surface area (Å²) in [6, 6.07) is 11.9. The number of methoxy groups -OCH3 is 1. The molecule has 20 heavy (non-hydrogen) atoms. The summed E-state index contributed by atoms with van der Waals surface area (Å²) in [7, 11) is 1.68. The summed E-state index contributed by atoms with van der Waals surface area (Å²) in [4.78, 5) is 4.19. The quantitative estimate of drug-likeness (QED) is 0.848. The summed E-state index contributed by atoms with van der Waals surface area (Å²) in [6.07, 6.45) is 2.75. The van der Waals surface area contributed by atoms with Crippen molar-refractivity contribution in [1.29, 1.82) is 0 Å². The van der Waals surface area contributed by atoms with E-state index in [1.54, 1.807) is 13.3 Å². The lowest BCUT2D eigenvalue weighted by atomic mass is 9.98. The summed E-state index contributed by atoms with van der Waals surface area (Å²) in [5, 5.41) is 3.52. The van der Waals surface area contributed by atoms with Crippen LogP contribution in [0.2, 0.25) is 0 Å². The highest BCUT2D eigenvalue weighted by molar-refractivity contribution is 5.49. The highest BCUT2D eigenvalue weighted by atomic mass is 16.5. The van der Waals surface area contributed by atoms with Crippen LogP contribution in [0.25, 0.3) is 0 Å². The zero-order valence-electron chi connectivity index (χ0n) is 12.0. The minimum Gasteiger partial charge on any atom is -0.496 e. The van der Waals surface area contributed by atoms with Crippen LogP contribution in [0, 0.1) is 0 Å². The van der Waals surface area contributed by atoms with Crippen LogP contribution in [0.3, 0.4) is 0 Å². The van der Waals surface area contributed by atoms with Crippen molar-refractivity contribution in [1.82, 2.24) is 10.3 Å². The van der Waals surface area contributed by atoms with Crippen LogP contribution in [0.4, 0.5) is 5.82 Å². The monoisotopic (exact) mass is 271 g/mol. The Bertz CT molecular complexity index is 557. The molecule has 0 amide bonds. The Kier molecular flexibility index (Phi) is 4.96. The fourth-order valence-corrected chi connectivity index (χ4v) is 2.26. The lowest BCUT2D eigenvalue weighted by molar-refractivity contribution is 0.404. The summed E-state index contributed by atoms with van der Waals surface area (Å²) in [6.45, 7) is 3.04. The number of hydrogen-bond acceptors (Lipinski definition) is 4. The molecule has 1 unspecified atom stereocenters. The molecule has 0 aliphatic heterocycles. The van der Waals surface area contributed by atoms with Crippen LogP contribution >= 0.6 is 0 Å². The second-order valence-corrected chi connectivity index (χ2v) is 4.61. The van der Waals surface area contributed by atoms with Crippen molar-refractivity contribution in [2.24, 2.45) is 0 Å². The van der Waals surface area contributed by atoms with Gasteiger partial charge in [0.25, 0.3) is 0 Å². The van der Waals surface area contributed by atoms with E-state index in [0.717, 1.165) is 29.8 Å². The van der Waals surface area contributed by atoms with Gasteiger partial charge < -0.3 is 15.8 Å². The summed E-state index contributed by atoms with van der Waals surface area (Å²) >= 11 is 0. The van der Waals surface area contributed by atoms with Crippen molar-refractivity contribution >= 4 is 5.82 Å². The Morgan fingerprint density at radius 2 is 1.95 bits per heavy atom. The largest absolute Gasteiger partial charge is 0.496 e. The third-order valence-corrected chi connectivity index (χ3v) is 3.23. The predicted octanol–water partition coefficient (Wildman–Crippen LogP) is 2.76. The van der Waals surface area contributed by atoms with Crippen LogP contribution in [-0.2, 0) is 0 Å². The lowest BCUT2D eigenvalue weighted by Crippen LogP contribution is -2.24. The standard InChI is InChI=1S/C16H21N3O/c1-3-10-18-15(13-8-6-11-19-16(13)17)12-7-4-5-9-14(12)20-2/h4-9,11,15,18H,3,10H2,1-2H3,(H2,17,19). The molecule has 0 bridgehead atoms. The van der Waals surface area contributed by atoms with Crippen LogP contribution in [0.1, 0.15) is 30.5 Å². The number of aromatic nitrogens is 1. The highest BCUT2D eigenvalue weighted by Crippen LogP contribution is 2.31. The molecule has 106 valence electrons. The van der Waals surface area contributed by atoms with E-state index in [1.165, 1.54) is 0 Å². The van der Waals surface area contributed by atoms with E-state index in [1.807, 2.05) is 30.3 Å². The maximum atomic E-state index is 6.03. The minimum absolute atomic E-state index is 0.0141. The zero-order chi connectivity index (χ0) is 14.4. The molecule has 3 N–H and O–H groups in total. The van der Waals surface area contributed by atoms with E-state index >= 15 is 0 Å². The molecule has 1 aromatic heterocycles. The molecule has 2 aromatic rings. The van der Waals surface area contributed by atoms with Gasteiger partial charge in [0.2, 0.25) is 0 Å². The van der Waals surface area contributed by atoms with Crippen molar-refractivity contribution in [3.05, 3.63) is 53.7 Å². The first kappa shape index (κ1) is 14.3. The average Bonchev–Trinajstić information content (AvgIpc) is 2.49. The number of nitrogens with zero attached hydrogens (tertiary/aromatic N) is 1. The number of nitrogens with two attached hydrogens (primary N) is 1. The average molecular weight is 271 g/mol. The first-order valence-electron chi connectivity index (χ1n) is 6.84. The van der Waals surface area contributed by atoms with Gasteiger partial charge in [-0.25, -0.2) is 4.98 Å². The van der Waals surface area contributed by atoms with Gasteiger partial charge in [-0.05, 0) is 25.1 Å². The van der Waals surface area contributed by atoms with E-state index in [0.29, 0.717) is 5.82 Å². The number of pyridine rings is 1. The fraction of sp³-hybridized carbons (Fsp3) is 0.312. The van der Waals surface area contributed by atoms with Gasteiger partial charge in [0.1, 0.15) is 11.6 Å². The Labute approximate surface area is 120 Å². The fourth-order valence-electron chi connectivity index (χ4n) is 2.26. The number of nitrogens with one attached hydrogen (secondary N) is 1. The Morgan fingerprint density at radius 1 is 1.20 bits per heavy atom. The van der Waals surface area contributed by atoms with Crippen molar-refractivity contribution in [3.63, 3.8) is 0 Å². The molecule has 0 spiro atoms. The number of anilines is 1. The second-order valence-electron chi connectivity index (χ2n) is 4.61. The van der Waals surface area contributed by atoms with Gasteiger partial charge in [0, 0.05) is 17.3 Å². The van der Waals surface area contributed by atoms with Gasteiger partial charge in [-0.3, -0.25) is 0 Å². The zero-order valence-corrected chi connectivity index (χ0v) is 12.0. The number of hydrogen-bond donors (Lipinski definition) is 2. The van der Waals surface area contributed by atoms with Gasteiger partial charge in [-0.2, -0.15) is 0 Å². The molecule has 0 radical (unpaired) electrons. The van der Waals surface area contributed by atoms with E-state index in [-0.39, 0.29) is 6.04 Å². The van der Waals surface area contributed by atoms with Gasteiger partial charge in [0.05, 0.1) is 13.2 Å². The van der Waals surface area contributed by atoms with E-state index < -0.39 is 0 Å². The van der Waals surface area contributed by atoms with E-state index in [4.69, 9.17) is 10.5 Å². The molecule has 0 saturated carbocycles. The summed E-state index contributed by atoms with van der Waals surface area (Å²) in [5.41, 5.74) is 8.08. The molecule has 4 nitrogen and oxygen atoms in total. The summed E-state index contributed by atoms with van der Waals surface area (Å²) < 4.78 is 5.47. The van der Waals surface area contributed by atoms with Crippen molar-refractivity contribution in [2.45, 2.75) is 19.4 Å². The maximum absolute atomic E-state index is 6.03. The van der Waals surface area contributed by atoms with E-state index in [9.17, 15) is 0 Å². The third kappa shape index (κ3) is 3.08. The molecule has 4 heteroatoms.